The molecule has 1 amide bonds. The van der Waals surface area contributed by atoms with Crippen molar-refractivity contribution in [1.29, 1.82) is 0 Å². The maximum Gasteiger partial charge on any atom is 0.321 e. The number of fused-ring (bicyclic) bond motifs is 3. The Morgan fingerprint density at radius 2 is 2.15 bits per heavy atom. The second kappa shape index (κ2) is 2.72. The van der Waals surface area contributed by atoms with E-state index in [-0.39, 0.29) is 11.9 Å². The number of amides is 1. The first kappa shape index (κ1) is 8.53. The number of carbonyl (C=O) groups is 2. The summed E-state index contributed by atoms with van der Waals surface area (Å²) in [5.41, 5.74) is -0.858. The van der Waals surface area contributed by atoms with Gasteiger partial charge in [0, 0.05) is 6.04 Å². The molecule has 0 atom stereocenters. The molecule has 2 saturated heterocycles. The Kier molecular flexibility index (Phi) is 1.78. The molecule has 72 valence electrons. The summed E-state index contributed by atoms with van der Waals surface area (Å²) in [6, 6.07) is 0.291. The lowest BCUT2D eigenvalue weighted by Crippen LogP contribution is -2.59. The van der Waals surface area contributed by atoms with Crippen LogP contribution in [-0.2, 0) is 14.3 Å². The fraction of sp³-hybridized carbons (Fsp3) is 0.778. The highest BCUT2D eigenvalue weighted by Gasteiger charge is 2.53. The van der Waals surface area contributed by atoms with E-state index in [4.69, 9.17) is 0 Å². The van der Waals surface area contributed by atoms with Crippen molar-refractivity contribution < 1.29 is 14.3 Å². The van der Waals surface area contributed by atoms with Crippen LogP contribution in [0.15, 0.2) is 0 Å². The highest BCUT2D eigenvalue weighted by molar-refractivity contribution is 6.03. The van der Waals surface area contributed by atoms with Gasteiger partial charge in [-0.25, -0.2) is 0 Å². The van der Waals surface area contributed by atoms with Crippen LogP contribution in [-0.4, -0.2) is 25.0 Å². The number of hydrogen-bond acceptors (Lipinski definition) is 3. The Bertz CT molecular complexity index is 244. The molecule has 0 unspecified atom stereocenters. The lowest BCUT2D eigenvalue weighted by Gasteiger charge is -2.43. The van der Waals surface area contributed by atoms with Crippen LogP contribution in [0, 0.1) is 5.41 Å². The molecular formula is C9H13NO3. The van der Waals surface area contributed by atoms with Crippen LogP contribution >= 0.6 is 0 Å². The Labute approximate surface area is 76.6 Å². The van der Waals surface area contributed by atoms with Gasteiger partial charge in [-0.3, -0.25) is 9.59 Å². The summed E-state index contributed by atoms with van der Waals surface area (Å²) in [6.07, 6.45) is 3.11. The zero-order chi connectivity index (χ0) is 9.47. The van der Waals surface area contributed by atoms with E-state index in [1.165, 1.54) is 7.11 Å². The number of esters is 1. The maximum atomic E-state index is 11.6. The highest BCUT2D eigenvalue weighted by atomic mass is 16.5. The predicted octanol–water partition coefficient (Wildman–Crippen LogP) is 0.218. The molecule has 4 nitrogen and oxygen atoms in total. The van der Waals surface area contributed by atoms with Gasteiger partial charge in [0.1, 0.15) is 5.41 Å². The highest BCUT2D eigenvalue weighted by Crippen LogP contribution is 2.41. The fourth-order valence-corrected chi connectivity index (χ4v) is 2.30. The molecule has 1 aliphatic carbocycles. The van der Waals surface area contributed by atoms with Gasteiger partial charge in [-0.15, -0.1) is 0 Å². The molecule has 3 fully saturated rings. The second-order valence-electron chi connectivity index (χ2n) is 3.82. The van der Waals surface area contributed by atoms with Gasteiger partial charge in [0.15, 0.2) is 0 Å². The number of ether oxygens (including phenoxy) is 1. The molecule has 4 heteroatoms. The van der Waals surface area contributed by atoms with E-state index in [9.17, 15) is 9.59 Å². The molecule has 13 heavy (non-hydrogen) atoms. The molecule has 0 spiro atoms. The maximum absolute atomic E-state index is 11.6. The van der Waals surface area contributed by atoms with Crippen molar-refractivity contribution in [3.05, 3.63) is 0 Å². The second-order valence-corrected chi connectivity index (χ2v) is 3.82. The summed E-state index contributed by atoms with van der Waals surface area (Å²) in [7, 11) is 1.34. The number of hydrogen-bond donors (Lipinski definition) is 1. The van der Waals surface area contributed by atoms with E-state index in [0.29, 0.717) is 18.9 Å². The number of carbonyl (C=O) groups excluding carboxylic acids is 2. The Balaban J connectivity index is 2.28. The van der Waals surface area contributed by atoms with Crippen LogP contribution in [0.3, 0.4) is 0 Å². The minimum Gasteiger partial charge on any atom is -0.468 e. The van der Waals surface area contributed by atoms with Crippen LogP contribution in [0.4, 0.5) is 0 Å². The molecule has 0 aromatic rings. The van der Waals surface area contributed by atoms with Gasteiger partial charge >= 0.3 is 5.97 Å². The first-order chi connectivity index (χ1) is 6.19. The van der Waals surface area contributed by atoms with Gasteiger partial charge < -0.3 is 10.1 Å². The van der Waals surface area contributed by atoms with Crippen molar-refractivity contribution in [1.82, 2.24) is 5.32 Å². The van der Waals surface area contributed by atoms with E-state index in [0.717, 1.165) is 12.8 Å². The van der Waals surface area contributed by atoms with Crippen molar-refractivity contribution in [2.75, 3.05) is 7.11 Å². The number of nitrogens with one attached hydrogen (secondary N) is 1. The molecule has 0 radical (unpaired) electrons. The van der Waals surface area contributed by atoms with Crippen molar-refractivity contribution in [2.24, 2.45) is 5.41 Å². The normalized spacial score (nSPS) is 37.0. The monoisotopic (exact) mass is 183 g/mol. The zero-order valence-corrected chi connectivity index (χ0v) is 7.63. The largest absolute Gasteiger partial charge is 0.468 e. The molecule has 1 saturated carbocycles. The quantitative estimate of drug-likeness (QED) is 0.467. The lowest BCUT2D eigenvalue weighted by atomic mass is 9.68. The number of piperidine rings is 2. The van der Waals surface area contributed by atoms with E-state index < -0.39 is 5.41 Å². The van der Waals surface area contributed by atoms with Crippen LogP contribution in [0.2, 0.25) is 0 Å². The average molecular weight is 183 g/mol. The molecule has 0 aromatic carbocycles. The van der Waals surface area contributed by atoms with Crippen molar-refractivity contribution in [2.45, 2.75) is 31.7 Å². The van der Waals surface area contributed by atoms with Crippen LogP contribution in [0.1, 0.15) is 25.7 Å². The molecule has 3 rings (SSSR count). The molecule has 2 bridgehead atoms. The summed E-state index contributed by atoms with van der Waals surface area (Å²) >= 11 is 0. The van der Waals surface area contributed by atoms with Crippen LogP contribution in [0.5, 0.6) is 0 Å². The smallest absolute Gasteiger partial charge is 0.321 e. The summed E-state index contributed by atoms with van der Waals surface area (Å²) in [5.74, 6) is -0.509. The van der Waals surface area contributed by atoms with Crippen LogP contribution < -0.4 is 5.32 Å². The first-order valence-corrected chi connectivity index (χ1v) is 4.58. The van der Waals surface area contributed by atoms with E-state index >= 15 is 0 Å². The van der Waals surface area contributed by atoms with Gasteiger partial charge in [0.25, 0.3) is 0 Å². The van der Waals surface area contributed by atoms with E-state index in [1.807, 2.05) is 0 Å². The number of rotatable bonds is 1. The standard InChI is InChI=1S/C9H13NO3/c1-13-8(12)9-4-2-6(3-5-9)10-7(9)11/h6H,2-5H2,1H3,(H,10,11). The number of methoxy groups -OCH3 is 1. The molecule has 3 aliphatic rings. The Hall–Kier alpha value is -1.06. The van der Waals surface area contributed by atoms with Gasteiger partial charge in [-0.2, -0.15) is 0 Å². The summed E-state index contributed by atoms with van der Waals surface area (Å²) in [4.78, 5) is 23.0. The van der Waals surface area contributed by atoms with Gasteiger partial charge in [-0.05, 0) is 25.7 Å². The van der Waals surface area contributed by atoms with Gasteiger partial charge in [0.05, 0.1) is 7.11 Å². The minimum absolute atomic E-state index is 0.137. The minimum atomic E-state index is -0.858. The Morgan fingerprint density at radius 3 is 2.62 bits per heavy atom. The summed E-state index contributed by atoms with van der Waals surface area (Å²) in [6.45, 7) is 0. The van der Waals surface area contributed by atoms with Crippen molar-refractivity contribution >= 4 is 11.9 Å². The average Bonchev–Trinajstić information content (AvgIpc) is 2.18. The van der Waals surface area contributed by atoms with Gasteiger partial charge in [-0.1, -0.05) is 0 Å². The molecule has 0 aromatic heterocycles. The van der Waals surface area contributed by atoms with Crippen molar-refractivity contribution in [3.63, 3.8) is 0 Å². The zero-order valence-electron chi connectivity index (χ0n) is 7.63. The predicted molar refractivity (Wildman–Crippen MR) is 44.8 cm³/mol. The third-order valence-corrected chi connectivity index (χ3v) is 3.19. The topological polar surface area (TPSA) is 55.4 Å². The molecule has 1 N–H and O–H groups in total. The van der Waals surface area contributed by atoms with E-state index in [1.54, 1.807) is 0 Å². The third-order valence-electron chi connectivity index (χ3n) is 3.19. The molecular weight excluding hydrogens is 170 g/mol. The lowest BCUT2D eigenvalue weighted by molar-refractivity contribution is -0.165. The Morgan fingerprint density at radius 1 is 1.54 bits per heavy atom. The SMILES string of the molecule is COC(=O)C12CCC(CC1)NC2=O. The van der Waals surface area contributed by atoms with Crippen molar-refractivity contribution in [3.8, 4) is 0 Å². The van der Waals surface area contributed by atoms with E-state index in [2.05, 4.69) is 10.1 Å². The third kappa shape index (κ3) is 1.04. The molecule has 2 heterocycles. The summed E-state index contributed by atoms with van der Waals surface area (Å²) < 4.78 is 4.68. The fourth-order valence-electron chi connectivity index (χ4n) is 2.30. The van der Waals surface area contributed by atoms with Crippen LogP contribution in [0.25, 0.3) is 0 Å². The first-order valence-electron chi connectivity index (χ1n) is 4.58. The van der Waals surface area contributed by atoms with Gasteiger partial charge in [0.2, 0.25) is 5.91 Å². The molecule has 2 aliphatic heterocycles. The summed E-state index contributed by atoms with van der Waals surface area (Å²) in [5, 5.41) is 2.83.